The Balaban J connectivity index is 2.71. The quantitative estimate of drug-likeness (QED) is 0.945. The highest BCUT2D eigenvalue weighted by Gasteiger charge is 2.24. The molecule has 2 rings (SSSR count). The van der Waals surface area contributed by atoms with Crippen LogP contribution in [0.3, 0.4) is 0 Å². The molecule has 0 amide bonds. The van der Waals surface area contributed by atoms with Gasteiger partial charge in [0, 0.05) is 5.02 Å². The number of halogens is 1. The molecular weight excluding hydrogens is 288 g/mol. The van der Waals surface area contributed by atoms with Crippen LogP contribution in [0.15, 0.2) is 58.3 Å². The Morgan fingerprint density at radius 1 is 1.05 bits per heavy atom. The molecule has 0 radical (unpaired) electrons. The van der Waals surface area contributed by atoms with Crippen molar-refractivity contribution in [1.29, 1.82) is 0 Å². The summed E-state index contributed by atoms with van der Waals surface area (Å²) in [6, 6.07) is 11.3. The fourth-order valence-electron chi connectivity index (χ4n) is 1.62. The summed E-state index contributed by atoms with van der Waals surface area (Å²) in [5, 5.41) is 9.23. The number of rotatable bonds is 3. The van der Waals surface area contributed by atoms with Crippen molar-refractivity contribution in [3.05, 3.63) is 59.1 Å². The number of hydrogen-bond acceptors (Lipinski definition) is 3. The Labute approximate surface area is 115 Å². The predicted octanol–water partition coefficient (Wildman–Crippen LogP) is 2.87. The Morgan fingerprint density at radius 3 is 2.26 bits per heavy atom. The summed E-state index contributed by atoms with van der Waals surface area (Å²) in [6.07, 6.45) is 0. The van der Waals surface area contributed by atoms with Crippen molar-refractivity contribution in [2.75, 3.05) is 0 Å². The third-order valence-electron chi connectivity index (χ3n) is 2.52. The lowest BCUT2D eigenvalue weighted by Crippen LogP contribution is -2.09. The van der Waals surface area contributed by atoms with Gasteiger partial charge in [-0.05, 0) is 30.3 Å². The SMILES string of the molecule is O=C(O)c1ccc(Cl)cc1S(=O)(=O)c1ccccc1. The zero-order valence-electron chi connectivity index (χ0n) is 9.58. The summed E-state index contributed by atoms with van der Waals surface area (Å²) in [4.78, 5) is 10.8. The molecule has 0 aliphatic heterocycles. The second-order valence-electron chi connectivity index (χ2n) is 3.76. The molecule has 0 saturated heterocycles. The second kappa shape index (κ2) is 5.03. The largest absolute Gasteiger partial charge is 0.478 e. The first-order valence-electron chi connectivity index (χ1n) is 5.26. The Bertz CT molecular complexity index is 724. The van der Waals surface area contributed by atoms with Gasteiger partial charge < -0.3 is 5.11 Å². The molecule has 0 atom stereocenters. The zero-order valence-corrected chi connectivity index (χ0v) is 11.1. The number of benzene rings is 2. The van der Waals surface area contributed by atoms with Crippen LogP contribution < -0.4 is 0 Å². The van der Waals surface area contributed by atoms with Crippen molar-refractivity contribution in [2.24, 2.45) is 0 Å². The summed E-state index contributed by atoms with van der Waals surface area (Å²) in [7, 11) is -3.90. The Kier molecular flexibility index (Phi) is 3.59. The van der Waals surface area contributed by atoms with Gasteiger partial charge in [0.05, 0.1) is 15.4 Å². The molecule has 2 aromatic rings. The maximum absolute atomic E-state index is 12.4. The lowest BCUT2D eigenvalue weighted by molar-refractivity contribution is 0.0692. The van der Waals surface area contributed by atoms with E-state index in [0.717, 1.165) is 6.07 Å². The van der Waals surface area contributed by atoms with Crippen molar-refractivity contribution < 1.29 is 18.3 Å². The van der Waals surface area contributed by atoms with Crippen molar-refractivity contribution in [1.82, 2.24) is 0 Å². The minimum absolute atomic E-state index is 0.0276. The Morgan fingerprint density at radius 2 is 1.68 bits per heavy atom. The summed E-state index contributed by atoms with van der Waals surface area (Å²) >= 11 is 5.76. The second-order valence-corrected chi connectivity index (χ2v) is 6.12. The molecular formula is C13H9ClO4S. The van der Waals surface area contributed by atoms with Gasteiger partial charge in [-0.15, -0.1) is 0 Å². The van der Waals surface area contributed by atoms with Crippen LogP contribution in [0.1, 0.15) is 10.4 Å². The first-order valence-corrected chi connectivity index (χ1v) is 7.12. The van der Waals surface area contributed by atoms with Crippen molar-refractivity contribution in [3.8, 4) is 0 Å². The van der Waals surface area contributed by atoms with Gasteiger partial charge in [-0.3, -0.25) is 0 Å². The standard InChI is InChI=1S/C13H9ClO4S/c14-9-6-7-11(13(15)16)12(8-9)19(17,18)10-4-2-1-3-5-10/h1-8H,(H,15,16). The molecule has 1 N–H and O–H groups in total. The van der Waals surface area contributed by atoms with Crippen LogP contribution in [-0.2, 0) is 9.84 Å². The summed E-state index contributed by atoms with van der Waals surface area (Å²) < 4.78 is 24.8. The molecule has 98 valence electrons. The van der Waals surface area contributed by atoms with E-state index in [1.807, 2.05) is 0 Å². The number of aromatic carboxylic acids is 1. The van der Waals surface area contributed by atoms with Crippen LogP contribution in [0.4, 0.5) is 0 Å². The van der Waals surface area contributed by atoms with Crippen LogP contribution in [0.2, 0.25) is 5.02 Å². The zero-order chi connectivity index (χ0) is 14.0. The highest BCUT2D eigenvalue weighted by atomic mass is 35.5. The average Bonchev–Trinajstić information content (AvgIpc) is 2.39. The molecule has 0 unspecified atom stereocenters. The van der Waals surface area contributed by atoms with Gasteiger partial charge in [0.1, 0.15) is 0 Å². The van der Waals surface area contributed by atoms with Gasteiger partial charge >= 0.3 is 5.97 Å². The molecule has 0 saturated carbocycles. The van der Waals surface area contributed by atoms with E-state index in [1.165, 1.54) is 24.3 Å². The third-order valence-corrected chi connectivity index (χ3v) is 4.56. The van der Waals surface area contributed by atoms with Gasteiger partial charge in [0.25, 0.3) is 0 Å². The maximum Gasteiger partial charge on any atom is 0.337 e. The monoisotopic (exact) mass is 296 g/mol. The van der Waals surface area contributed by atoms with Crippen molar-refractivity contribution >= 4 is 27.4 Å². The van der Waals surface area contributed by atoms with Crippen LogP contribution in [-0.4, -0.2) is 19.5 Å². The summed E-state index contributed by atoms with van der Waals surface area (Å²) in [5.41, 5.74) is -0.298. The van der Waals surface area contributed by atoms with Crippen LogP contribution >= 0.6 is 11.6 Å². The molecule has 0 bridgehead atoms. The highest BCUT2D eigenvalue weighted by molar-refractivity contribution is 7.91. The first kappa shape index (κ1) is 13.6. The smallest absolute Gasteiger partial charge is 0.337 e. The normalized spacial score (nSPS) is 11.2. The number of carboxylic acids is 1. The van der Waals surface area contributed by atoms with Gasteiger partial charge in [0.2, 0.25) is 9.84 Å². The van der Waals surface area contributed by atoms with Gasteiger partial charge in [-0.2, -0.15) is 0 Å². The highest BCUT2D eigenvalue weighted by Crippen LogP contribution is 2.26. The van der Waals surface area contributed by atoms with Crippen molar-refractivity contribution in [2.45, 2.75) is 9.79 Å². The van der Waals surface area contributed by atoms with Crippen LogP contribution in [0.25, 0.3) is 0 Å². The average molecular weight is 297 g/mol. The lowest BCUT2D eigenvalue weighted by atomic mass is 10.2. The van der Waals surface area contributed by atoms with Crippen molar-refractivity contribution in [3.63, 3.8) is 0 Å². The minimum Gasteiger partial charge on any atom is -0.478 e. The molecule has 6 heteroatoms. The molecule has 0 heterocycles. The van der Waals surface area contributed by atoms with E-state index in [2.05, 4.69) is 0 Å². The molecule has 0 aliphatic carbocycles. The van der Waals surface area contributed by atoms with Crippen LogP contribution in [0.5, 0.6) is 0 Å². The van der Waals surface area contributed by atoms with Gasteiger partial charge in [0.15, 0.2) is 0 Å². The maximum atomic E-state index is 12.4. The fourth-order valence-corrected chi connectivity index (χ4v) is 3.35. The summed E-state index contributed by atoms with van der Waals surface area (Å²) in [6.45, 7) is 0. The summed E-state index contributed by atoms with van der Waals surface area (Å²) in [5.74, 6) is -1.31. The fraction of sp³-hybridized carbons (Fsp3) is 0. The van der Waals surface area contributed by atoms with E-state index in [1.54, 1.807) is 18.2 Å². The van der Waals surface area contributed by atoms with E-state index in [9.17, 15) is 13.2 Å². The molecule has 19 heavy (non-hydrogen) atoms. The van der Waals surface area contributed by atoms with E-state index >= 15 is 0 Å². The molecule has 0 spiro atoms. The van der Waals surface area contributed by atoms with E-state index in [0.29, 0.717) is 0 Å². The number of sulfone groups is 1. The first-order chi connectivity index (χ1) is 8.93. The predicted molar refractivity (Wildman–Crippen MR) is 70.3 cm³/mol. The van der Waals surface area contributed by atoms with Gasteiger partial charge in [-0.25, -0.2) is 13.2 Å². The van der Waals surface area contributed by atoms with E-state index in [4.69, 9.17) is 16.7 Å². The molecule has 0 fully saturated rings. The number of carbonyl (C=O) groups is 1. The Hall–Kier alpha value is -1.85. The number of carboxylic acid groups (broad SMARTS) is 1. The third kappa shape index (κ3) is 2.62. The van der Waals surface area contributed by atoms with E-state index < -0.39 is 15.8 Å². The molecule has 0 aliphatic rings. The van der Waals surface area contributed by atoms with E-state index in [-0.39, 0.29) is 20.4 Å². The molecule has 0 aromatic heterocycles. The van der Waals surface area contributed by atoms with Gasteiger partial charge in [-0.1, -0.05) is 29.8 Å². The van der Waals surface area contributed by atoms with Crippen LogP contribution in [0, 0.1) is 0 Å². The molecule has 4 nitrogen and oxygen atoms in total. The lowest BCUT2D eigenvalue weighted by Gasteiger charge is -2.08. The minimum atomic E-state index is -3.90. The molecule has 2 aromatic carbocycles. The topological polar surface area (TPSA) is 71.4 Å². The number of hydrogen-bond donors (Lipinski definition) is 1.